The molecule has 1 saturated heterocycles. The lowest BCUT2D eigenvalue weighted by Gasteiger charge is -2.14. The molecule has 2 heterocycles. The molecule has 2 unspecified atom stereocenters. The number of carbonyl (C=O) groups excluding carboxylic acids is 1. The smallest absolute Gasteiger partial charge is 0.270 e. The lowest BCUT2D eigenvalue weighted by atomic mass is 10.0. The standard InChI is InChI=1S/C11H17N3O3S/c1-7-5-14(6-8(7)2)11(15)10-3-9(4-13-10)18(12,16)17/h3-4,7-8,13H,5-6H2,1-2H3,(H2,12,16,17). The van der Waals surface area contributed by atoms with Crippen LogP contribution in [0.2, 0.25) is 0 Å². The van der Waals surface area contributed by atoms with Gasteiger partial charge in [0, 0.05) is 19.3 Å². The summed E-state index contributed by atoms with van der Waals surface area (Å²) in [7, 11) is -3.76. The Bertz CT molecular complexity index is 554. The fourth-order valence-corrected chi connectivity index (χ4v) is 2.63. The van der Waals surface area contributed by atoms with Gasteiger partial charge in [-0.1, -0.05) is 13.8 Å². The van der Waals surface area contributed by atoms with Crippen LogP contribution in [0.15, 0.2) is 17.2 Å². The number of hydrogen-bond donors (Lipinski definition) is 2. The second-order valence-electron chi connectivity index (χ2n) is 4.96. The van der Waals surface area contributed by atoms with E-state index in [1.165, 1.54) is 12.3 Å². The molecule has 7 heteroatoms. The Hall–Kier alpha value is -1.34. The van der Waals surface area contributed by atoms with Crippen molar-refractivity contribution < 1.29 is 13.2 Å². The van der Waals surface area contributed by atoms with E-state index in [1.807, 2.05) is 0 Å². The van der Waals surface area contributed by atoms with Crippen LogP contribution in [0.3, 0.4) is 0 Å². The van der Waals surface area contributed by atoms with Crippen molar-refractivity contribution in [1.29, 1.82) is 0 Å². The van der Waals surface area contributed by atoms with Crippen molar-refractivity contribution in [2.45, 2.75) is 18.7 Å². The van der Waals surface area contributed by atoms with E-state index in [4.69, 9.17) is 5.14 Å². The normalized spacial score (nSPS) is 24.5. The zero-order valence-electron chi connectivity index (χ0n) is 10.4. The molecule has 3 N–H and O–H groups in total. The summed E-state index contributed by atoms with van der Waals surface area (Å²) in [6.07, 6.45) is 1.24. The highest BCUT2D eigenvalue weighted by Crippen LogP contribution is 2.23. The predicted octanol–water partition coefficient (Wildman–Crippen LogP) is 0.390. The number of nitrogens with one attached hydrogen (secondary N) is 1. The average Bonchev–Trinajstić information content (AvgIpc) is 2.85. The molecule has 1 fully saturated rings. The maximum absolute atomic E-state index is 12.1. The van der Waals surface area contributed by atoms with E-state index in [0.717, 1.165) is 0 Å². The minimum Gasteiger partial charge on any atom is -0.356 e. The molecule has 1 aliphatic rings. The molecule has 0 radical (unpaired) electrons. The number of nitrogens with two attached hydrogens (primary N) is 1. The molecule has 18 heavy (non-hydrogen) atoms. The van der Waals surface area contributed by atoms with Crippen LogP contribution in [0, 0.1) is 11.8 Å². The fourth-order valence-electron chi connectivity index (χ4n) is 2.13. The Morgan fingerprint density at radius 1 is 1.39 bits per heavy atom. The Balaban J connectivity index is 2.18. The van der Waals surface area contributed by atoms with Crippen LogP contribution in [0.1, 0.15) is 24.3 Å². The van der Waals surface area contributed by atoms with Gasteiger partial charge in [-0.3, -0.25) is 4.79 Å². The molecule has 0 bridgehead atoms. The van der Waals surface area contributed by atoms with Gasteiger partial charge in [0.1, 0.15) is 5.69 Å². The number of hydrogen-bond acceptors (Lipinski definition) is 3. The molecule has 0 spiro atoms. The van der Waals surface area contributed by atoms with Crippen molar-refractivity contribution in [2.75, 3.05) is 13.1 Å². The fraction of sp³-hybridized carbons (Fsp3) is 0.545. The Morgan fingerprint density at radius 2 is 1.94 bits per heavy atom. The van der Waals surface area contributed by atoms with Gasteiger partial charge in [0.05, 0.1) is 4.90 Å². The van der Waals surface area contributed by atoms with Crippen molar-refractivity contribution in [1.82, 2.24) is 9.88 Å². The largest absolute Gasteiger partial charge is 0.356 e. The zero-order valence-corrected chi connectivity index (χ0v) is 11.2. The van der Waals surface area contributed by atoms with Crippen LogP contribution < -0.4 is 5.14 Å². The summed E-state index contributed by atoms with van der Waals surface area (Å²) in [6, 6.07) is 1.28. The van der Waals surface area contributed by atoms with E-state index in [-0.39, 0.29) is 16.5 Å². The summed E-state index contributed by atoms with van der Waals surface area (Å²) in [6.45, 7) is 5.60. The summed E-state index contributed by atoms with van der Waals surface area (Å²) >= 11 is 0. The average molecular weight is 271 g/mol. The van der Waals surface area contributed by atoms with Crippen molar-refractivity contribution in [2.24, 2.45) is 17.0 Å². The number of primary sulfonamides is 1. The maximum atomic E-state index is 12.1. The van der Waals surface area contributed by atoms with E-state index in [1.54, 1.807) is 4.90 Å². The molecule has 1 aromatic heterocycles. The van der Waals surface area contributed by atoms with E-state index in [0.29, 0.717) is 24.9 Å². The highest BCUT2D eigenvalue weighted by atomic mass is 32.2. The number of rotatable bonds is 2. The number of sulfonamides is 1. The van der Waals surface area contributed by atoms with Gasteiger partial charge in [-0.2, -0.15) is 0 Å². The number of carbonyl (C=O) groups is 1. The number of H-pyrrole nitrogens is 1. The highest BCUT2D eigenvalue weighted by molar-refractivity contribution is 7.89. The highest BCUT2D eigenvalue weighted by Gasteiger charge is 2.30. The number of likely N-dealkylation sites (tertiary alicyclic amines) is 1. The first-order chi connectivity index (χ1) is 8.29. The number of aromatic amines is 1. The van der Waals surface area contributed by atoms with Crippen LogP contribution in [0.4, 0.5) is 0 Å². The van der Waals surface area contributed by atoms with Crippen molar-refractivity contribution >= 4 is 15.9 Å². The third-order valence-electron chi connectivity index (χ3n) is 3.49. The summed E-state index contributed by atoms with van der Waals surface area (Å²) in [5.74, 6) is 0.740. The summed E-state index contributed by atoms with van der Waals surface area (Å²) < 4.78 is 22.3. The summed E-state index contributed by atoms with van der Waals surface area (Å²) in [4.78, 5) is 16.5. The second kappa shape index (κ2) is 4.40. The van der Waals surface area contributed by atoms with Gasteiger partial charge in [-0.05, 0) is 17.9 Å². The van der Waals surface area contributed by atoms with Gasteiger partial charge >= 0.3 is 0 Å². The predicted molar refractivity (Wildman–Crippen MR) is 66.4 cm³/mol. The lowest BCUT2D eigenvalue weighted by Crippen LogP contribution is -2.29. The summed E-state index contributed by atoms with van der Waals surface area (Å²) in [5, 5.41) is 5.00. The SMILES string of the molecule is CC1CN(C(=O)c2cc(S(N)(=O)=O)c[nH]2)CC1C. The van der Waals surface area contributed by atoms with Gasteiger partial charge in [0.15, 0.2) is 0 Å². The molecule has 0 aromatic carbocycles. The Kier molecular flexibility index (Phi) is 3.20. The molecule has 2 atom stereocenters. The van der Waals surface area contributed by atoms with E-state index in [9.17, 15) is 13.2 Å². The van der Waals surface area contributed by atoms with Crippen LogP contribution in [-0.2, 0) is 10.0 Å². The monoisotopic (exact) mass is 271 g/mol. The van der Waals surface area contributed by atoms with Crippen LogP contribution in [0.5, 0.6) is 0 Å². The van der Waals surface area contributed by atoms with E-state index < -0.39 is 10.0 Å². The maximum Gasteiger partial charge on any atom is 0.270 e. The first-order valence-electron chi connectivity index (χ1n) is 5.79. The summed E-state index contributed by atoms with van der Waals surface area (Å²) in [5.41, 5.74) is 0.264. The molecule has 100 valence electrons. The molecule has 2 rings (SSSR count). The molecule has 0 aliphatic carbocycles. The van der Waals surface area contributed by atoms with E-state index in [2.05, 4.69) is 18.8 Å². The number of aromatic nitrogens is 1. The molecular weight excluding hydrogens is 254 g/mol. The molecule has 6 nitrogen and oxygen atoms in total. The first kappa shape index (κ1) is 13.1. The zero-order chi connectivity index (χ0) is 13.5. The van der Waals surface area contributed by atoms with Crippen molar-refractivity contribution in [3.05, 3.63) is 18.0 Å². The topological polar surface area (TPSA) is 96.3 Å². The molecular formula is C11H17N3O3S. The van der Waals surface area contributed by atoms with Gasteiger partial charge in [-0.15, -0.1) is 0 Å². The van der Waals surface area contributed by atoms with Gasteiger partial charge in [0.25, 0.3) is 5.91 Å². The van der Waals surface area contributed by atoms with E-state index >= 15 is 0 Å². The quantitative estimate of drug-likeness (QED) is 0.814. The lowest BCUT2D eigenvalue weighted by molar-refractivity contribution is 0.0780. The Labute approximate surface area is 106 Å². The minimum atomic E-state index is -3.76. The number of nitrogens with zero attached hydrogens (tertiary/aromatic N) is 1. The molecule has 0 saturated carbocycles. The third kappa shape index (κ3) is 2.41. The molecule has 1 amide bonds. The van der Waals surface area contributed by atoms with Crippen molar-refractivity contribution in [3.8, 4) is 0 Å². The first-order valence-corrected chi connectivity index (χ1v) is 7.34. The number of amides is 1. The molecule has 1 aromatic rings. The van der Waals surface area contributed by atoms with Crippen molar-refractivity contribution in [3.63, 3.8) is 0 Å². The van der Waals surface area contributed by atoms with Crippen LogP contribution >= 0.6 is 0 Å². The van der Waals surface area contributed by atoms with Gasteiger partial charge < -0.3 is 9.88 Å². The molecule has 1 aliphatic heterocycles. The van der Waals surface area contributed by atoms with Crippen LogP contribution in [0.25, 0.3) is 0 Å². The Morgan fingerprint density at radius 3 is 2.39 bits per heavy atom. The van der Waals surface area contributed by atoms with Crippen LogP contribution in [-0.4, -0.2) is 37.3 Å². The second-order valence-corrected chi connectivity index (χ2v) is 6.52. The minimum absolute atomic E-state index is 0.0638. The van der Waals surface area contributed by atoms with Gasteiger partial charge in [-0.25, -0.2) is 13.6 Å². The third-order valence-corrected chi connectivity index (χ3v) is 4.38. The van der Waals surface area contributed by atoms with Gasteiger partial charge in [0.2, 0.25) is 10.0 Å².